The first-order chi connectivity index (χ1) is 13.5. The number of halogens is 1. The highest BCUT2D eigenvalue weighted by Gasteiger charge is 2.44. The molecule has 144 valence electrons. The Labute approximate surface area is 161 Å². The molecule has 0 aliphatic carbocycles. The van der Waals surface area contributed by atoms with Gasteiger partial charge < -0.3 is 14.2 Å². The van der Waals surface area contributed by atoms with Gasteiger partial charge in [-0.25, -0.2) is 9.18 Å². The fourth-order valence-corrected chi connectivity index (χ4v) is 3.75. The fraction of sp³-hybridized carbons (Fsp3) is 0.238. The predicted octanol–water partition coefficient (Wildman–Crippen LogP) is 3.17. The summed E-state index contributed by atoms with van der Waals surface area (Å²) in [7, 11) is 3.06. The zero-order valence-electron chi connectivity index (χ0n) is 15.4. The standard InChI is InChI=1S/C21H18FNO5/c1-26-14-6-7-18(27-2)15(9-14)16-10-19(24)23(13-5-3-4-12(22)8-13)17-11-28-21(25)20(16)17/h3-9,16H,10-11H2,1-2H3/t16-/m1/s1. The summed E-state index contributed by atoms with van der Waals surface area (Å²) in [5.74, 6) is -0.605. The summed E-state index contributed by atoms with van der Waals surface area (Å²) in [5, 5.41) is 0. The molecular formula is C21H18FNO5. The van der Waals surface area contributed by atoms with Crippen molar-refractivity contribution in [1.29, 1.82) is 0 Å². The number of cyclic esters (lactones) is 1. The number of benzene rings is 2. The van der Waals surface area contributed by atoms with E-state index >= 15 is 0 Å². The Morgan fingerprint density at radius 2 is 1.93 bits per heavy atom. The van der Waals surface area contributed by atoms with E-state index in [2.05, 4.69) is 0 Å². The highest BCUT2D eigenvalue weighted by molar-refractivity contribution is 6.06. The van der Waals surface area contributed by atoms with E-state index in [-0.39, 0.29) is 18.9 Å². The smallest absolute Gasteiger partial charge is 0.336 e. The molecule has 0 bridgehead atoms. The van der Waals surface area contributed by atoms with Crippen molar-refractivity contribution >= 4 is 17.6 Å². The lowest BCUT2D eigenvalue weighted by Crippen LogP contribution is -2.37. The second-order valence-electron chi connectivity index (χ2n) is 6.51. The molecule has 2 aliphatic heterocycles. The van der Waals surface area contributed by atoms with E-state index in [4.69, 9.17) is 14.2 Å². The molecular weight excluding hydrogens is 365 g/mol. The largest absolute Gasteiger partial charge is 0.497 e. The number of esters is 1. The number of methoxy groups -OCH3 is 2. The average Bonchev–Trinajstić information content (AvgIpc) is 3.08. The molecule has 1 atom stereocenters. The molecule has 0 aromatic heterocycles. The van der Waals surface area contributed by atoms with Crippen LogP contribution in [0.5, 0.6) is 11.5 Å². The van der Waals surface area contributed by atoms with Crippen molar-refractivity contribution in [2.75, 3.05) is 25.7 Å². The van der Waals surface area contributed by atoms with Crippen LogP contribution in [-0.4, -0.2) is 32.7 Å². The summed E-state index contributed by atoms with van der Waals surface area (Å²) in [6, 6.07) is 10.9. The normalized spacial score (nSPS) is 18.8. The number of carbonyl (C=O) groups is 2. The lowest BCUT2D eigenvalue weighted by molar-refractivity contribution is -0.136. The van der Waals surface area contributed by atoms with Crippen LogP contribution in [0.25, 0.3) is 0 Å². The van der Waals surface area contributed by atoms with E-state index in [1.54, 1.807) is 24.3 Å². The third-order valence-electron chi connectivity index (χ3n) is 5.00. The topological polar surface area (TPSA) is 65.1 Å². The number of carbonyl (C=O) groups excluding carboxylic acids is 2. The minimum Gasteiger partial charge on any atom is -0.497 e. The van der Waals surface area contributed by atoms with Gasteiger partial charge in [0.1, 0.15) is 23.9 Å². The van der Waals surface area contributed by atoms with Crippen molar-refractivity contribution in [1.82, 2.24) is 0 Å². The first-order valence-electron chi connectivity index (χ1n) is 8.74. The van der Waals surface area contributed by atoms with Gasteiger partial charge in [0.2, 0.25) is 5.91 Å². The lowest BCUT2D eigenvalue weighted by atomic mass is 9.83. The Morgan fingerprint density at radius 1 is 1.11 bits per heavy atom. The summed E-state index contributed by atoms with van der Waals surface area (Å²) in [4.78, 5) is 26.9. The molecule has 7 heteroatoms. The first-order valence-corrected chi connectivity index (χ1v) is 8.74. The second kappa shape index (κ2) is 6.99. The lowest BCUT2D eigenvalue weighted by Gasteiger charge is -2.32. The van der Waals surface area contributed by atoms with Gasteiger partial charge in [0, 0.05) is 17.9 Å². The average molecular weight is 383 g/mol. The molecule has 0 N–H and O–H groups in total. The van der Waals surface area contributed by atoms with Crippen LogP contribution < -0.4 is 14.4 Å². The Bertz CT molecular complexity index is 1000. The quantitative estimate of drug-likeness (QED) is 0.759. The number of nitrogens with zero attached hydrogens (tertiary/aromatic N) is 1. The van der Waals surface area contributed by atoms with Crippen molar-refractivity contribution in [3.63, 3.8) is 0 Å². The molecule has 1 amide bonds. The molecule has 0 saturated heterocycles. The highest BCUT2D eigenvalue weighted by atomic mass is 19.1. The van der Waals surface area contributed by atoms with Crippen LogP contribution >= 0.6 is 0 Å². The molecule has 2 heterocycles. The maximum Gasteiger partial charge on any atom is 0.336 e. The number of hydrogen-bond donors (Lipinski definition) is 0. The molecule has 0 radical (unpaired) electrons. The minimum atomic E-state index is -0.535. The van der Waals surface area contributed by atoms with Gasteiger partial charge in [-0.05, 0) is 36.4 Å². The summed E-state index contributed by atoms with van der Waals surface area (Å²) in [5.41, 5.74) is 1.85. The number of amides is 1. The molecule has 2 aliphatic rings. The Kier molecular flexibility index (Phi) is 4.50. The predicted molar refractivity (Wildman–Crippen MR) is 98.8 cm³/mol. The molecule has 28 heavy (non-hydrogen) atoms. The van der Waals surface area contributed by atoms with Gasteiger partial charge in [0.15, 0.2) is 0 Å². The molecule has 0 saturated carbocycles. The summed E-state index contributed by atoms with van der Waals surface area (Å²) < 4.78 is 29.7. The van der Waals surface area contributed by atoms with E-state index in [9.17, 15) is 14.0 Å². The van der Waals surface area contributed by atoms with Crippen LogP contribution in [0.1, 0.15) is 17.9 Å². The van der Waals surface area contributed by atoms with Crippen LogP contribution in [0, 0.1) is 5.82 Å². The first kappa shape index (κ1) is 18.0. The molecule has 2 aromatic carbocycles. The van der Waals surface area contributed by atoms with E-state index < -0.39 is 17.7 Å². The van der Waals surface area contributed by atoms with Crippen LogP contribution in [0.2, 0.25) is 0 Å². The molecule has 4 rings (SSSR count). The third kappa shape index (κ3) is 2.89. The van der Waals surface area contributed by atoms with E-state index in [1.807, 2.05) is 0 Å². The Hall–Kier alpha value is -3.35. The van der Waals surface area contributed by atoms with Gasteiger partial charge in [-0.15, -0.1) is 0 Å². The van der Waals surface area contributed by atoms with Gasteiger partial charge in [-0.2, -0.15) is 0 Å². The van der Waals surface area contributed by atoms with Gasteiger partial charge in [-0.3, -0.25) is 9.69 Å². The highest BCUT2D eigenvalue weighted by Crippen LogP contribution is 2.45. The van der Waals surface area contributed by atoms with Crippen LogP contribution in [0.4, 0.5) is 10.1 Å². The maximum atomic E-state index is 13.7. The third-order valence-corrected chi connectivity index (χ3v) is 5.00. The fourth-order valence-electron chi connectivity index (χ4n) is 3.75. The Balaban J connectivity index is 1.86. The number of ether oxygens (including phenoxy) is 3. The Morgan fingerprint density at radius 3 is 2.64 bits per heavy atom. The summed E-state index contributed by atoms with van der Waals surface area (Å²) >= 11 is 0. The van der Waals surface area contributed by atoms with E-state index in [0.29, 0.717) is 34.0 Å². The van der Waals surface area contributed by atoms with Crippen molar-refractivity contribution in [3.05, 3.63) is 65.1 Å². The van der Waals surface area contributed by atoms with Crippen LogP contribution in [-0.2, 0) is 14.3 Å². The molecule has 0 unspecified atom stereocenters. The zero-order chi connectivity index (χ0) is 19.8. The van der Waals surface area contributed by atoms with E-state index in [0.717, 1.165) is 0 Å². The summed E-state index contributed by atoms with van der Waals surface area (Å²) in [6.45, 7) is -0.0425. The van der Waals surface area contributed by atoms with Gasteiger partial charge in [0.05, 0.1) is 31.2 Å². The monoisotopic (exact) mass is 383 g/mol. The summed E-state index contributed by atoms with van der Waals surface area (Å²) in [6.07, 6.45) is 0.0218. The van der Waals surface area contributed by atoms with Gasteiger partial charge >= 0.3 is 5.97 Å². The van der Waals surface area contributed by atoms with E-state index in [1.165, 1.54) is 37.3 Å². The maximum absolute atomic E-state index is 13.7. The number of anilines is 1. The zero-order valence-corrected chi connectivity index (χ0v) is 15.4. The number of hydrogen-bond acceptors (Lipinski definition) is 5. The van der Waals surface area contributed by atoms with Crippen LogP contribution in [0.15, 0.2) is 53.7 Å². The van der Waals surface area contributed by atoms with Gasteiger partial charge in [0.25, 0.3) is 0 Å². The number of rotatable bonds is 4. The van der Waals surface area contributed by atoms with Crippen molar-refractivity contribution < 1.29 is 28.2 Å². The van der Waals surface area contributed by atoms with Crippen molar-refractivity contribution in [2.24, 2.45) is 0 Å². The second-order valence-corrected chi connectivity index (χ2v) is 6.51. The SMILES string of the molecule is COc1ccc(OC)c([C@H]2CC(=O)N(c3cccc(F)c3)C3=C2C(=O)OC3)c1. The molecule has 2 aromatic rings. The van der Waals surface area contributed by atoms with Gasteiger partial charge in [-0.1, -0.05) is 6.07 Å². The van der Waals surface area contributed by atoms with Crippen LogP contribution in [0.3, 0.4) is 0 Å². The van der Waals surface area contributed by atoms with Crippen molar-refractivity contribution in [2.45, 2.75) is 12.3 Å². The minimum absolute atomic E-state index is 0.0218. The molecule has 0 fully saturated rings. The van der Waals surface area contributed by atoms with Crippen molar-refractivity contribution in [3.8, 4) is 11.5 Å². The molecule has 0 spiro atoms. The molecule has 6 nitrogen and oxygen atoms in total.